The molecule has 8 heteroatoms. The van der Waals surface area contributed by atoms with Gasteiger partial charge in [-0.15, -0.1) is 0 Å². The van der Waals surface area contributed by atoms with Gasteiger partial charge in [0, 0.05) is 43.5 Å². The van der Waals surface area contributed by atoms with Gasteiger partial charge in [0.25, 0.3) is 0 Å². The minimum absolute atomic E-state index is 0.0808. The molecule has 0 bridgehead atoms. The summed E-state index contributed by atoms with van der Waals surface area (Å²) in [6, 6.07) is 15.3. The van der Waals surface area contributed by atoms with Crippen molar-refractivity contribution in [3.63, 3.8) is 0 Å². The maximum Gasteiger partial charge on any atom is 0.248 e. The van der Waals surface area contributed by atoms with Gasteiger partial charge >= 0.3 is 0 Å². The largest absolute Gasteiger partial charge is 0.506 e. The van der Waals surface area contributed by atoms with Gasteiger partial charge in [-0.1, -0.05) is 43.9 Å². The van der Waals surface area contributed by atoms with Crippen LogP contribution in [0.2, 0.25) is 0 Å². The number of carbonyl (C=O) groups is 1. The number of phenols is 1. The topological polar surface area (TPSA) is 107 Å². The van der Waals surface area contributed by atoms with Crippen molar-refractivity contribution in [1.82, 2.24) is 20.5 Å². The zero-order valence-corrected chi connectivity index (χ0v) is 24.4. The average molecular weight is 563 g/mol. The van der Waals surface area contributed by atoms with Crippen molar-refractivity contribution >= 4 is 16.8 Å². The van der Waals surface area contributed by atoms with E-state index < -0.39 is 0 Å². The number of hydrogen-bond acceptors (Lipinski definition) is 6. The van der Waals surface area contributed by atoms with E-state index in [0.717, 1.165) is 62.0 Å². The molecular weight excluding hydrogens is 516 g/mol. The number of aromatic hydroxyl groups is 1. The highest BCUT2D eigenvalue weighted by Crippen LogP contribution is 2.25. The molecule has 4 rings (SSSR count). The Kier molecular flexibility index (Phi) is 12.1. The molecule has 1 aromatic heterocycles. The molecule has 0 saturated heterocycles. The normalized spacial score (nSPS) is 14.2. The first-order valence-corrected chi connectivity index (χ1v) is 15.3. The summed E-state index contributed by atoms with van der Waals surface area (Å²) in [4.78, 5) is 29.9. The number of rotatable bonds is 15. The average Bonchev–Trinajstić information content (AvgIpc) is 3.26. The van der Waals surface area contributed by atoms with E-state index in [4.69, 9.17) is 4.74 Å². The van der Waals surface area contributed by atoms with E-state index in [2.05, 4.69) is 32.7 Å². The van der Waals surface area contributed by atoms with Crippen molar-refractivity contribution in [2.75, 3.05) is 39.3 Å². The number of nitrogens with zero attached hydrogens (tertiary/aromatic N) is 1. The van der Waals surface area contributed by atoms with Gasteiger partial charge in [-0.25, -0.2) is 0 Å². The number of amides is 1. The van der Waals surface area contributed by atoms with Crippen LogP contribution in [0.5, 0.6) is 11.5 Å². The van der Waals surface area contributed by atoms with Gasteiger partial charge in [0.15, 0.2) is 0 Å². The number of hydrogen-bond donors (Lipinski definition) is 4. The highest BCUT2D eigenvalue weighted by molar-refractivity contribution is 5.87. The molecule has 0 aliphatic heterocycles. The van der Waals surface area contributed by atoms with Gasteiger partial charge < -0.3 is 30.4 Å². The standard InChI is InChI=1S/C33H46N4O4/c1-2-41-28-11-7-8-25(24-28)16-19-34-21-18-32(40)37(27-9-5-3-4-6-10-27)23-22-35-20-17-26-12-14-30(38)33-29(26)13-15-31(39)36-33/h7-8,11-15,24,27,34-35,38H,2-6,9-10,16-23H2,1H3,(H,36,39). The molecule has 4 N–H and O–H groups in total. The number of H-pyrrole nitrogens is 1. The molecule has 1 aliphatic rings. The third kappa shape index (κ3) is 9.33. The molecule has 1 fully saturated rings. The van der Waals surface area contributed by atoms with E-state index in [0.29, 0.717) is 37.7 Å². The van der Waals surface area contributed by atoms with Crippen LogP contribution in [-0.4, -0.2) is 66.3 Å². The molecule has 0 atom stereocenters. The Balaban J connectivity index is 1.24. The molecule has 1 saturated carbocycles. The summed E-state index contributed by atoms with van der Waals surface area (Å²) in [5.74, 6) is 1.22. The minimum Gasteiger partial charge on any atom is -0.506 e. The molecule has 222 valence electrons. The number of pyridine rings is 1. The fourth-order valence-electron chi connectivity index (χ4n) is 5.80. The van der Waals surface area contributed by atoms with Gasteiger partial charge in [0.2, 0.25) is 11.5 Å². The maximum atomic E-state index is 13.4. The molecule has 0 radical (unpaired) electrons. The number of ether oxygens (including phenoxy) is 1. The third-order valence-corrected chi connectivity index (χ3v) is 7.97. The first kappa shape index (κ1) is 30.6. The number of aromatic amines is 1. The molecule has 1 heterocycles. The van der Waals surface area contributed by atoms with E-state index in [1.807, 2.05) is 25.1 Å². The Bertz CT molecular complexity index is 1300. The van der Waals surface area contributed by atoms with Crippen LogP contribution in [0.3, 0.4) is 0 Å². The van der Waals surface area contributed by atoms with E-state index in [-0.39, 0.29) is 17.2 Å². The van der Waals surface area contributed by atoms with Crippen molar-refractivity contribution < 1.29 is 14.6 Å². The highest BCUT2D eigenvalue weighted by Gasteiger charge is 2.24. The summed E-state index contributed by atoms with van der Waals surface area (Å²) in [7, 11) is 0. The Morgan fingerprint density at radius 2 is 1.76 bits per heavy atom. The third-order valence-electron chi connectivity index (χ3n) is 7.97. The monoisotopic (exact) mass is 562 g/mol. The molecule has 8 nitrogen and oxygen atoms in total. The number of carbonyl (C=O) groups excluding carboxylic acids is 1. The fraction of sp³-hybridized carbons (Fsp3) is 0.515. The smallest absolute Gasteiger partial charge is 0.248 e. The van der Waals surface area contributed by atoms with Crippen LogP contribution in [0.15, 0.2) is 53.3 Å². The number of aromatic nitrogens is 1. The lowest BCUT2D eigenvalue weighted by molar-refractivity contribution is -0.133. The Morgan fingerprint density at radius 1 is 0.976 bits per heavy atom. The second kappa shape index (κ2) is 16.2. The van der Waals surface area contributed by atoms with E-state index in [1.165, 1.54) is 37.3 Å². The summed E-state index contributed by atoms with van der Waals surface area (Å²) in [6.07, 6.45) is 9.25. The van der Waals surface area contributed by atoms with E-state index in [1.54, 1.807) is 12.1 Å². The second-order valence-corrected chi connectivity index (χ2v) is 10.9. The summed E-state index contributed by atoms with van der Waals surface area (Å²) >= 11 is 0. The summed E-state index contributed by atoms with van der Waals surface area (Å²) in [5.41, 5.74) is 2.55. The molecule has 3 aromatic rings. The van der Waals surface area contributed by atoms with E-state index in [9.17, 15) is 14.7 Å². The van der Waals surface area contributed by atoms with Crippen LogP contribution in [0.4, 0.5) is 0 Å². The lowest BCUT2D eigenvalue weighted by atomic mass is 10.0. The van der Waals surface area contributed by atoms with Crippen molar-refractivity contribution in [3.8, 4) is 11.5 Å². The number of fused-ring (bicyclic) bond motifs is 1. The van der Waals surface area contributed by atoms with Crippen LogP contribution in [0, 0.1) is 0 Å². The van der Waals surface area contributed by atoms with Crippen LogP contribution >= 0.6 is 0 Å². The molecule has 0 spiro atoms. The second-order valence-electron chi connectivity index (χ2n) is 10.9. The summed E-state index contributed by atoms with van der Waals surface area (Å²) in [5, 5.41) is 18.0. The lowest BCUT2D eigenvalue weighted by Gasteiger charge is -2.32. The molecule has 1 amide bonds. The first-order valence-electron chi connectivity index (χ1n) is 15.3. The molecular formula is C33H46N4O4. The quantitative estimate of drug-likeness (QED) is 0.160. The van der Waals surface area contributed by atoms with Crippen molar-refractivity contribution in [2.45, 2.75) is 70.8 Å². The van der Waals surface area contributed by atoms with Crippen LogP contribution in [0.25, 0.3) is 10.9 Å². The predicted molar refractivity (Wildman–Crippen MR) is 165 cm³/mol. The molecule has 41 heavy (non-hydrogen) atoms. The lowest BCUT2D eigenvalue weighted by Crippen LogP contribution is -2.45. The van der Waals surface area contributed by atoms with Crippen LogP contribution in [0.1, 0.15) is 63.0 Å². The van der Waals surface area contributed by atoms with Crippen molar-refractivity contribution in [2.24, 2.45) is 0 Å². The fourth-order valence-corrected chi connectivity index (χ4v) is 5.80. The molecule has 2 aromatic carbocycles. The van der Waals surface area contributed by atoms with Crippen molar-refractivity contribution in [3.05, 3.63) is 70.0 Å². The highest BCUT2D eigenvalue weighted by atomic mass is 16.5. The SMILES string of the molecule is CCOc1cccc(CCNCCC(=O)N(CCNCCc2ccc(O)c3[nH]c(=O)ccc23)C2CCCCCC2)c1. The zero-order chi connectivity index (χ0) is 28.9. The Morgan fingerprint density at radius 3 is 2.56 bits per heavy atom. The minimum atomic E-state index is -0.228. The number of phenolic OH excluding ortho intramolecular Hbond substituents is 1. The van der Waals surface area contributed by atoms with Crippen LogP contribution < -0.4 is 20.9 Å². The van der Waals surface area contributed by atoms with Gasteiger partial charge in [0.05, 0.1) is 12.1 Å². The van der Waals surface area contributed by atoms with E-state index >= 15 is 0 Å². The van der Waals surface area contributed by atoms with Gasteiger partial charge in [-0.05, 0) is 81.1 Å². The Hall–Kier alpha value is -3.36. The maximum absolute atomic E-state index is 13.4. The molecule has 1 aliphatic carbocycles. The van der Waals surface area contributed by atoms with Crippen LogP contribution in [-0.2, 0) is 17.6 Å². The first-order chi connectivity index (χ1) is 20.0. The van der Waals surface area contributed by atoms with Crippen molar-refractivity contribution in [1.29, 1.82) is 0 Å². The molecule has 0 unspecified atom stereocenters. The summed E-state index contributed by atoms with van der Waals surface area (Å²) < 4.78 is 5.60. The Labute approximate surface area is 243 Å². The summed E-state index contributed by atoms with van der Waals surface area (Å²) in [6.45, 7) is 6.34. The van der Waals surface area contributed by atoms with Gasteiger partial charge in [-0.3, -0.25) is 9.59 Å². The van der Waals surface area contributed by atoms with Gasteiger partial charge in [0.1, 0.15) is 11.5 Å². The van der Waals surface area contributed by atoms with Gasteiger partial charge in [-0.2, -0.15) is 0 Å². The predicted octanol–water partition coefficient (Wildman–Crippen LogP) is 4.54. The number of benzene rings is 2. The number of nitrogens with one attached hydrogen (secondary N) is 3. The zero-order valence-electron chi connectivity index (χ0n) is 24.4.